The molecule has 1 aromatic heterocycles. The molecular formula is C14H16ClN3O2. The number of ether oxygens (including phenoxy) is 2. The number of halogens is 1. The van der Waals surface area contributed by atoms with Crippen molar-refractivity contribution in [1.82, 2.24) is 9.97 Å². The average molecular weight is 294 g/mol. The highest BCUT2D eigenvalue weighted by Crippen LogP contribution is 2.25. The quantitative estimate of drug-likeness (QED) is 0.915. The van der Waals surface area contributed by atoms with Crippen LogP contribution in [0.2, 0.25) is 5.02 Å². The van der Waals surface area contributed by atoms with E-state index in [-0.39, 0.29) is 0 Å². The molecule has 1 heterocycles. The van der Waals surface area contributed by atoms with E-state index in [2.05, 4.69) is 9.97 Å². The van der Waals surface area contributed by atoms with Crippen molar-refractivity contribution in [2.24, 2.45) is 0 Å². The number of rotatable bonds is 5. The number of nitrogens with two attached hydrogens (primary N) is 1. The summed E-state index contributed by atoms with van der Waals surface area (Å²) < 4.78 is 10.9. The van der Waals surface area contributed by atoms with E-state index in [9.17, 15) is 0 Å². The number of hydrogen-bond acceptors (Lipinski definition) is 5. The SMILES string of the molecule is CCOCc1nc(N)cc(Oc2ccc(Cl)c(C)c2)n1. The smallest absolute Gasteiger partial charge is 0.224 e. The van der Waals surface area contributed by atoms with Crippen molar-refractivity contribution in [3.05, 3.63) is 40.7 Å². The first-order valence-electron chi connectivity index (χ1n) is 6.23. The molecule has 20 heavy (non-hydrogen) atoms. The molecule has 106 valence electrons. The molecule has 0 bridgehead atoms. The second-order valence-electron chi connectivity index (χ2n) is 4.20. The normalized spacial score (nSPS) is 10.6. The molecule has 2 rings (SSSR count). The number of aryl methyl sites for hydroxylation is 1. The molecule has 1 aromatic carbocycles. The lowest BCUT2D eigenvalue weighted by molar-refractivity contribution is 0.128. The van der Waals surface area contributed by atoms with Crippen LogP contribution in [0.1, 0.15) is 18.3 Å². The number of aromatic nitrogens is 2. The molecule has 2 aromatic rings. The summed E-state index contributed by atoms with van der Waals surface area (Å²) in [5, 5.41) is 0.691. The Hall–Kier alpha value is -1.85. The van der Waals surface area contributed by atoms with E-state index in [0.29, 0.717) is 41.5 Å². The van der Waals surface area contributed by atoms with Crippen LogP contribution in [0.4, 0.5) is 5.82 Å². The third kappa shape index (κ3) is 3.82. The van der Waals surface area contributed by atoms with Gasteiger partial charge in [0.1, 0.15) is 18.2 Å². The van der Waals surface area contributed by atoms with Crippen LogP contribution in [0.3, 0.4) is 0 Å². The molecule has 0 aliphatic carbocycles. The first kappa shape index (κ1) is 14.6. The van der Waals surface area contributed by atoms with Gasteiger partial charge in [-0.15, -0.1) is 0 Å². The van der Waals surface area contributed by atoms with Gasteiger partial charge >= 0.3 is 0 Å². The minimum atomic E-state index is 0.303. The molecule has 0 saturated heterocycles. The fourth-order valence-corrected chi connectivity index (χ4v) is 1.72. The van der Waals surface area contributed by atoms with Gasteiger partial charge < -0.3 is 15.2 Å². The van der Waals surface area contributed by atoms with Gasteiger partial charge in [-0.2, -0.15) is 4.98 Å². The summed E-state index contributed by atoms with van der Waals surface area (Å²) in [5.41, 5.74) is 6.66. The van der Waals surface area contributed by atoms with Crippen molar-refractivity contribution in [2.75, 3.05) is 12.3 Å². The molecule has 5 nitrogen and oxygen atoms in total. The number of nitrogen functional groups attached to an aromatic ring is 1. The largest absolute Gasteiger partial charge is 0.439 e. The van der Waals surface area contributed by atoms with Crippen LogP contribution in [-0.4, -0.2) is 16.6 Å². The zero-order chi connectivity index (χ0) is 14.5. The average Bonchev–Trinajstić information content (AvgIpc) is 2.40. The van der Waals surface area contributed by atoms with Crippen LogP contribution in [0.5, 0.6) is 11.6 Å². The Bertz CT molecular complexity index is 605. The zero-order valence-electron chi connectivity index (χ0n) is 11.4. The van der Waals surface area contributed by atoms with E-state index in [1.165, 1.54) is 0 Å². The van der Waals surface area contributed by atoms with E-state index < -0.39 is 0 Å². The highest BCUT2D eigenvalue weighted by Gasteiger charge is 2.06. The van der Waals surface area contributed by atoms with Gasteiger partial charge in [0.15, 0.2) is 5.82 Å². The molecule has 0 saturated carbocycles. The Morgan fingerprint density at radius 1 is 1.25 bits per heavy atom. The maximum absolute atomic E-state index is 5.97. The van der Waals surface area contributed by atoms with Crippen LogP contribution < -0.4 is 10.5 Å². The Morgan fingerprint density at radius 2 is 2.05 bits per heavy atom. The lowest BCUT2D eigenvalue weighted by atomic mass is 10.2. The predicted octanol–water partition coefficient (Wildman–Crippen LogP) is 3.35. The monoisotopic (exact) mass is 293 g/mol. The summed E-state index contributed by atoms with van der Waals surface area (Å²) in [4.78, 5) is 8.33. The van der Waals surface area contributed by atoms with Crippen LogP contribution in [0.25, 0.3) is 0 Å². The number of nitrogens with zero attached hydrogens (tertiary/aromatic N) is 2. The molecule has 0 atom stereocenters. The second kappa shape index (κ2) is 6.54. The van der Waals surface area contributed by atoms with Crippen molar-refractivity contribution in [3.63, 3.8) is 0 Å². The summed E-state index contributed by atoms with van der Waals surface area (Å²) in [6, 6.07) is 6.95. The van der Waals surface area contributed by atoms with E-state index in [1.54, 1.807) is 18.2 Å². The fourth-order valence-electron chi connectivity index (χ4n) is 1.60. The zero-order valence-corrected chi connectivity index (χ0v) is 12.1. The van der Waals surface area contributed by atoms with Gasteiger partial charge in [-0.05, 0) is 37.6 Å². The van der Waals surface area contributed by atoms with Gasteiger partial charge in [0.2, 0.25) is 5.88 Å². The molecule has 0 spiro atoms. The van der Waals surface area contributed by atoms with Crippen LogP contribution >= 0.6 is 11.6 Å². The maximum atomic E-state index is 5.97. The van der Waals surface area contributed by atoms with Gasteiger partial charge in [-0.1, -0.05) is 11.6 Å². The first-order chi connectivity index (χ1) is 9.58. The Kier molecular flexibility index (Phi) is 4.76. The molecule has 0 aliphatic heterocycles. The van der Waals surface area contributed by atoms with Crippen LogP contribution in [0.15, 0.2) is 24.3 Å². The molecule has 2 N–H and O–H groups in total. The van der Waals surface area contributed by atoms with Crippen molar-refractivity contribution in [2.45, 2.75) is 20.5 Å². The van der Waals surface area contributed by atoms with Gasteiger partial charge in [0.05, 0.1) is 0 Å². The Balaban J connectivity index is 2.19. The fraction of sp³-hybridized carbons (Fsp3) is 0.286. The second-order valence-corrected chi connectivity index (χ2v) is 4.60. The minimum Gasteiger partial charge on any atom is -0.439 e. The van der Waals surface area contributed by atoms with Gasteiger partial charge in [-0.25, -0.2) is 4.98 Å². The molecule has 0 amide bonds. The van der Waals surface area contributed by atoms with E-state index in [4.69, 9.17) is 26.8 Å². The number of anilines is 1. The summed E-state index contributed by atoms with van der Waals surface area (Å²) in [7, 11) is 0. The molecule has 0 fully saturated rings. The van der Waals surface area contributed by atoms with Crippen molar-refractivity contribution in [3.8, 4) is 11.6 Å². The van der Waals surface area contributed by atoms with E-state index in [0.717, 1.165) is 5.56 Å². The molecule has 0 unspecified atom stereocenters. The summed E-state index contributed by atoms with van der Waals surface area (Å²) in [5.74, 6) is 1.87. The number of hydrogen-bond donors (Lipinski definition) is 1. The lowest BCUT2D eigenvalue weighted by Crippen LogP contribution is -2.03. The Labute approximate surface area is 122 Å². The van der Waals surface area contributed by atoms with E-state index in [1.807, 2.05) is 19.9 Å². The molecular weight excluding hydrogens is 278 g/mol. The molecule has 0 radical (unpaired) electrons. The first-order valence-corrected chi connectivity index (χ1v) is 6.61. The number of benzene rings is 1. The van der Waals surface area contributed by atoms with Gasteiger partial charge in [-0.3, -0.25) is 0 Å². The highest BCUT2D eigenvalue weighted by atomic mass is 35.5. The van der Waals surface area contributed by atoms with Gasteiger partial charge in [0.25, 0.3) is 0 Å². The standard InChI is InChI=1S/C14H16ClN3O2/c1-3-19-8-13-17-12(16)7-14(18-13)20-10-4-5-11(15)9(2)6-10/h4-7H,3,8H2,1-2H3,(H2,16,17,18). The lowest BCUT2D eigenvalue weighted by Gasteiger charge is -2.08. The maximum Gasteiger partial charge on any atom is 0.224 e. The molecule has 6 heteroatoms. The summed E-state index contributed by atoms with van der Waals surface area (Å²) in [6.07, 6.45) is 0. The minimum absolute atomic E-state index is 0.303. The topological polar surface area (TPSA) is 70.3 Å². The summed E-state index contributed by atoms with van der Waals surface area (Å²) >= 11 is 5.97. The van der Waals surface area contributed by atoms with Crippen molar-refractivity contribution < 1.29 is 9.47 Å². The third-order valence-corrected chi connectivity index (χ3v) is 2.98. The highest BCUT2D eigenvalue weighted by molar-refractivity contribution is 6.31. The van der Waals surface area contributed by atoms with Crippen LogP contribution in [0, 0.1) is 6.92 Å². The van der Waals surface area contributed by atoms with Crippen LogP contribution in [-0.2, 0) is 11.3 Å². The molecule has 0 aliphatic rings. The van der Waals surface area contributed by atoms with E-state index >= 15 is 0 Å². The van der Waals surface area contributed by atoms with Crippen molar-refractivity contribution >= 4 is 17.4 Å². The summed E-state index contributed by atoms with van der Waals surface area (Å²) in [6.45, 7) is 4.70. The Morgan fingerprint density at radius 3 is 2.75 bits per heavy atom. The predicted molar refractivity (Wildman–Crippen MR) is 78.0 cm³/mol. The van der Waals surface area contributed by atoms with Crippen molar-refractivity contribution in [1.29, 1.82) is 0 Å². The third-order valence-electron chi connectivity index (χ3n) is 2.56. The van der Waals surface area contributed by atoms with Gasteiger partial charge in [0, 0.05) is 17.7 Å².